The Labute approximate surface area is 213 Å². The van der Waals surface area contributed by atoms with Crippen LogP contribution in [0.2, 0.25) is 0 Å². The van der Waals surface area contributed by atoms with Crippen molar-refractivity contribution in [2.24, 2.45) is 10.9 Å². The van der Waals surface area contributed by atoms with Crippen LogP contribution >= 0.6 is 12.2 Å². The molecule has 1 aliphatic carbocycles. The minimum Gasteiger partial charge on any atom is -0.385 e. The lowest BCUT2D eigenvalue weighted by Gasteiger charge is -2.38. The lowest BCUT2D eigenvalue weighted by Crippen LogP contribution is -2.46. The SMILES string of the molecule is O=C(CCCCCN1C(=O)C2C=CC=CC2=NC1=S)N1CCC(O)(c2cccc(C(F)(F)F)c2)CC1. The molecule has 0 bridgehead atoms. The summed E-state index contributed by atoms with van der Waals surface area (Å²) >= 11 is 5.28. The van der Waals surface area contributed by atoms with Crippen LogP contribution in [0.4, 0.5) is 13.2 Å². The van der Waals surface area contributed by atoms with Gasteiger partial charge < -0.3 is 10.0 Å². The molecular formula is C26H28F3N3O3S. The number of aliphatic hydroxyl groups is 1. The van der Waals surface area contributed by atoms with Gasteiger partial charge in [0.1, 0.15) is 0 Å². The molecule has 1 unspecified atom stereocenters. The average molecular weight is 520 g/mol. The van der Waals surface area contributed by atoms with Gasteiger partial charge in [0.2, 0.25) is 16.9 Å². The van der Waals surface area contributed by atoms with Gasteiger partial charge in [0, 0.05) is 26.1 Å². The zero-order valence-electron chi connectivity index (χ0n) is 19.7. The number of rotatable bonds is 7. The topological polar surface area (TPSA) is 73.2 Å². The summed E-state index contributed by atoms with van der Waals surface area (Å²) in [6.45, 7) is 1.02. The Bertz CT molecular complexity index is 1120. The third-order valence-electron chi connectivity index (χ3n) is 6.93. The van der Waals surface area contributed by atoms with Crippen LogP contribution < -0.4 is 0 Å². The lowest BCUT2D eigenvalue weighted by atomic mass is 9.83. The van der Waals surface area contributed by atoms with Crippen LogP contribution in [0.15, 0.2) is 53.6 Å². The number of halogens is 3. The number of aliphatic imine (C=N–C) groups is 1. The summed E-state index contributed by atoms with van der Waals surface area (Å²) in [6, 6.07) is 4.77. The summed E-state index contributed by atoms with van der Waals surface area (Å²) in [6.07, 6.45) is 5.52. The van der Waals surface area contributed by atoms with Crippen molar-refractivity contribution >= 4 is 34.9 Å². The molecule has 2 amide bonds. The first-order valence-corrected chi connectivity index (χ1v) is 12.5. The molecule has 6 nitrogen and oxygen atoms in total. The molecule has 0 saturated carbocycles. The Morgan fingerprint density at radius 1 is 1.17 bits per heavy atom. The largest absolute Gasteiger partial charge is 0.416 e. The van der Waals surface area contributed by atoms with Crippen molar-refractivity contribution in [1.29, 1.82) is 0 Å². The summed E-state index contributed by atoms with van der Waals surface area (Å²) < 4.78 is 39.1. The maximum absolute atomic E-state index is 13.0. The van der Waals surface area contributed by atoms with Crippen LogP contribution in [0.5, 0.6) is 0 Å². The van der Waals surface area contributed by atoms with Gasteiger partial charge in [-0.05, 0) is 61.7 Å². The average Bonchev–Trinajstić information content (AvgIpc) is 2.85. The highest BCUT2D eigenvalue weighted by Crippen LogP contribution is 2.37. The fourth-order valence-electron chi connectivity index (χ4n) is 4.77. The fourth-order valence-corrected chi connectivity index (χ4v) is 5.05. The second kappa shape index (κ2) is 10.6. The van der Waals surface area contributed by atoms with Crippen LogP contribution in [0.25, 0.3) is 0 Å². The number of hydrogen-bond donors (Lipinski definition) is 1. The number of fused-ring (bicyclic) bond motifs is 1. The number of unbranched alkanes of at least 4 members (excludes halogenated alkanes) is 2. The molecular weight excluding hydrogens is 491 g/mol. The van der Waals surface area contributed by atoms with E-state index in [2.05, 4.69) is 4.99 Å². The van der Waals surface area contributed by atoms with E-state index in [-0.39, 0.29) is 48.4 Å². The van der Waals surface area contributed by atoms with E-state index in [1.165, 1.54) is 17.0 Å². The quantitative estimate of drug-likeness (QED) is 0.429. The van der Waals surface area contributed by atoms with Gasteiger partial charge in [-0.1, -0.05) is 36.8 Å². The number of alkyl halides is 3. The number of carbonyl (C=O) groups is 2. The first-order chi connectivity index (χ1) is 17.1. The molecule has 2 heterocycles. The van der Waals surface area contributed by atoms with Crippen LogP contribution in [0.3, 0.4) is 0 Å². The number of likely N-dealkylation sites (tertiary alicyclic amines) is 1. The Morgan fingerprint density at radius 2 is 1.92 bits per heavy atom. The van der Waals surface area contributed by atoms with Gasteiger partial charge in [0.15, 0.2) is 0 Å². The maximum atomic E-state index is 13.0. The smallest absolute Gasteiger partial charge is 0.385 e. The molecule has 3 aliphatic rings. The van der Waals surface area contributed by atoms with Crippen LogP contribution in [-0.2, 0) is 21.4 Å². The van der Waals surface area contributed by atoms with E-state index in [1.54, 1.807) is 17.1 Å². The van der Waals surface area contributed by atoms with Crippen LogP contribution in [0, 0.1) is 5.92 Å². The molecule has 10 heteroatoms. The number of thiocarbonyl (C=S) groups is 1. The summed E-state index contributed by atoms with van der Waals surface area (Å²) in [5, 5.41) is 11.2. The highest BCUT2D eigenvalue weighted by atomic mass is 32.1. The van der Waals surface area contributed by atoms with Crippen molar-refractivity contribution in [2.45, 2.75) is 50.3 Å². The Morgan fingerprint density at radius 3 is 2.64 bits per heavy atom. The summed E-state index contributed by atoms with van der Waals surface area (Å²) in [7, 11) is 0. The molecule has 4 rings (SSSR count). The predicted octanol–water partition coefficient (Wildman–Crippen LogP) is 4.39. The monoisotopic (exact) mass is 519 g/mol. The van der Waals surface area contributed by atoms with Crippen LogP contribution in [-0.4, -0.2) is 57.2 Å². The minimum atomic E-state index is -4.48. The molecule has 1 N–H and O–H groups in total. The summed E-state index contributed by atoms with van der Waals surface area (Å²) in [4.78, 5) is 32.9. The van der Waals surface area contributed by atoms with E-state index < -0.39 is 23.3 Å². The fraction of sp³-hybridized carbons (Fsp3) is 0.462. The number of amides is 2. The van der Waals surface area contributed by atoms with Gasteiger partial charge in [-0.3, -0.25) is 14.5 Å². The van der Waals surface area contributed by atoms with Gasteiger partial charge in [0.05, 0.1) is 22.8 Å². The normalized spacial score (nSPS) is 21.4. The van der Waals surface area contributed by atoms with E-state index in [9.17, 15) is 27.9 Å². The first kappa shape index (κ1) is 26.2. The second-order valence-electron chi connectivity index (χ2n) is 9.33. The minimum absolute atomic E-state index is 0.0426. The van der Waals surface area contributed by atoms with Crippen molar-refractivity contribution in [2.75, 3.05) is 19.6 Å². The molecule has 0 aromatic heterocycles. The highest BCUT2D eigenvalue weighted by Gasteiger charge is 2.38. The number of carbonyl (C=O) groups excluding carboxylic acids is 2. The lowest BCUT2D eigenvalue weighted by molar-refractivity contribution is -0.138. The number of piperidine rings is 1. The number of nitrogens with zero attached hydrogens (tertiary/aromatic N) is 3. The number of benzene rings is 1. The molecule has 0 radical (unpaired) electrons. The third kappa shape index (κ3) is 5.75. The molecule has 1 aromatic carbocycles. The van der Waals surface area contributed by atoms with Crippen molar-refractivity contribution < 1.29 is 27.9 Å². The highest BCUT2D eigenvalue weighted by molar-refractivity contribution is 7.80. The van der Waals surface area contributed by atoms with E-state index in [1.807, 2.05) is 12.2 Å². The van der Waals surface area contributed by atoms with Gasteiger partial charge >= 0.3 is 6.18 Å². The third-order valence-corrected chi connectivity index (χ3v) is 7.24. The van der Waals surface area contributed by atoms with Gasteiger partial charge in [-0.15, -0.1) is 0 Å². The van der Waals surface area contributed by atoms with E-state index in [0.717, 1.165) is 18.6 Å². The Kier molecular flexibility index (Phi) is 7.75. The molecule has 36 heavy (non-hydrogen) atoms. The Hall–Kier alpha value is -2.85. The molecule has 1 aromatic rings. The first-order valence-electron chi connectivity index (χ1n) is 12.1. The molecule has 1 fully saturated rings. The number of hydrogen-bond acceptors (Lipinski definition) is 4. The summed E-state index contributed by atoms with van der Waals surface area (Å²) in [5.41, 5.74) is -1.29. The van der Waals surface area contributed by atoms with Crippen LogP contribution in [0.1, 0.15) is 49.7 Å². The number of allylic oxidation sites excluding steroid dienone is 3. The van der Waals surface area contributed by atoms with E-state index >= 15 is 0 Å². The molecule has 0 spiro atoms. The van der Waals surface area contributed by atoms with E-state index in [4.69, 9.17) is 12.2 Å². The van der Waals surface area contributed by atoms with E-state index in [0.29, 0.717) is 31.5 Å². The zero-order valence-corrected chi connectivity index (χ0v) is 20.5. The molecule has 2 aliphatic heterocycles. The molecule has 1 atom stereocenters. The molecule has 192 valence electrons. The zero-order chi connectivity index (χ0) is 25.9. The Balaban J connectivity index is 1.20. The van der Waals surface area contributed by atoms with Crippen molar-refractivity contribution in [1.82, 2.24) is 9.80 Å². The molecule has 1 saturated heterocycles. The predicted molar refractivity (Wildman–Crippen MR) is 133 cm³/mol. The maximum Gasteiger partial charge on any atom is 0.416 e. The van der Waals surface area contributed by atoms with Gasteiger partial charge in [0.25, 0.3) is 0 Å². The standard InChI is InChI=1S/C26H28F3N3O3S/c27-26(28,29)19-8-6-7-18(17-19)25(35)12-15-31(16-13-25)22(33)11-2-1-5-14-32-23(34)20-9-3-4-10-21(20)30-24(32)36/h3-4,6-10,17,20,35H,1-2,5,11-16H2. The van der Waals surface area contributed by atoms with Crippen molar-refractivity contribution in [3.05, 3.63) is 59.7 Å². The van der Waals surface area contributed by atoms with Crippen molar-refractivity contribution in [3.63, 3.8) is 0 Å². The van der Waals surface area contributed by atoms with Crippen molar-refractivity contribution in [3.8, 4) is 0 Å². The van der Waals surface area contributed by atoms with Gasteiger partial charge in [-0.2, -0.15) is 13.2 Å². The summed E-state index contributed by atoms with van der Waals surface area (Å²) in [5.74, 6) is -0.515. The second-order valence-corrected chi connectivity index (χ2v) is 9.70. The van der Waals surface area contributed by atoms with Gasteiger partial charge in [-0.25, -0.2) is 4.99 Å².